The van der Waals surface area contributed by atoms with E-state index in [9.17, 15) is 39.3 Å². The Morgan fingerprint density at radius 2 is 1.39 bits per heavy atom. The fourth-order valence-electron chi connectivity index (χ4n) is 13.2. The summed E-state index contributed by atoms with van der Waals surface area (Å²) in [6.07, 6.45) is -9.04. The number of aromatic nitrogens is 7. The molecule has 7 amide bonds. The Balaban J connectivity index is 0.971. The number of methoxy groups -OCH3 is 1. The molecule has 1 saturated heterocycles. The summed E-state index contributed by atoms with van der Waals surface area (Å²) in [5.74, 6) is -8.62. The molecule has 4 aliphatic rings. The van der Waals surface area contributed by atoms with Crippen molar-refractivity contribution in [2.75, 3.05) is 107 Å². The van der Waals surface area contributed by atoms with E-state index in [2.05, 4.69) is 53.4 Å². The van der Waals surface area contributed by atoms with Gasteiger partial charge in [-0.05, 0) is 59.5 Å². The topological polar surface area (TPSA) is 529 Å². The van der Waals surface area contributed by atoms with Gasteiger partial charge in [0.1, 0.15) is 120 Å². The van der Waals surface area contributed by atoms with E-state index in [0.717, 1.165) is 61.4 Å². The Morgan fingerprint density at radius 3 is 2.07 bits per heavy atom. The molecule has 40 nitrogen and oxygen atoms in total. The molecule has 1 aromatic carbocycles. The van der Waals surface area contributed by atoms with Crippen molar-refractivity contribution in [2.45, 2.75) is 108 Å². The molecule has 7 aromatic heterocycles. The number of aliphatic hydroxyl groups is 3. The van der Waals surface area contributed by atoms with Gasteiger partial charge in [-0.3, -0.25) is 28.8 Å². The van der Waals surface area contributed by atoms with E-state index in [1.807, 2.05) is 0 Å². The van der Waals surface area contributed by atoms with Gasteiger partial charge >= 0.3 is 18.0 Å². The summed E-state index contributed by atoms with van der Waals surface area (Å²) < 4.78 is 66.7. The van der Waals surface area contributed by atoms with E-state index in [1.54, 1.807) is 45.0 Å². The molecule has 636 valence electrons. The van der Waals surface area contributed by atoms with Gasteiger partial charge in [0, 0.05) is 56.4 Å². The molecular weight excluding hydrogens is 1660 g/mol. The number of carbonyl (C=O) groups is 9. The third-order valence-corrected chi connectivity index (χ3v) is 23.2. The van der Waals surface area contributed by atoms with Crippen LogP contribution in [0.25, 0.3) is 49.3 Å². The maximum absolute atomic E-state index is 15.8. The third kappa shape index (κ3) is 20.9. The number of hydrogen-bond acceptors (Lipinski definition) is 37. The fourth-order valence-corrected chi connectivity index (χ4v) is 17.4. The number of fused-ring (bicyclic) bond motifs is 15. The summed E-state index contributed by atoms with van der Waals surface area (Å²) in [5, 5.41) is 66.9. The Morgan fingerprint density at radius 1 is 0.773 bits per heavy atom. The van der Waals surface area contributed by atoms with Crippen LogP contribution in [0.5, 0.6) is 5.75 Å². The molecule has 12 bridgehead atoms. The van der Waals surface area contributed by atoms with Gasteiger partial charge in [-0.15, -0.1) is 56.7 Å². The van der Waals surface area contributed by atoms with Gasteiger partial charge in [0.2, 0.25) is 5.91 Å². The minimum atomic E-state index is -2.00. The standard InChI is InChI=1S/C74H85N15O25S5/c1-34(60(75)93)77-61(94)43-31-118-69(82-43)54-48(92)24-39-53(84-54)42-29-116-67(79-42)41-28-111-71(99)56-40-27-109-57(55(70-83-44(32-119-70)62(95)78-41)87-64(97)46-33-117-68(81-46)52(36(3)103-8)86-65(98)51(35(2)91)85-63(96)45-30-115-66(39)80-45)58(113-49-25-74(5,102)59(88(6)7)37(4)112-49)72(100)110-26-38-10-9-11-47(50(38)40)89(56)114-73(101)76-12-14-104-16-18-106-20-22-108-23-21-107-19-17-105-15-13-90/h9-11,24,29-33,35,37,41,49,51,55,57-59,90-92,102H,1,12-23,25-28H2,2-8H3,(H2,75,93)(H,76,101)(H,77,94)(H,78,95)(H,85,96)(H,86,98)(H,87,97). The molecule has 12 rings (SSSR count). The molecule has 4 aliphatic heterocycles. The van der Waals surface area contributed by atoms with Crippen LogP contribution >= 0.6 is 56.7 Å². The molecule has 10 unspecified atom stereocenters. The normalized spacial score (nSPS) is 21.8. The average molecular weight is 1740 g/mol. The lowest BCUT2D eigenvalue weighted by Gasteiger charge is -2.48. The van der Waals surface area contributed by atoms with E-state index >= 15 is 19.2 Å². The zero-order chi connectivity index (χ0) is 84.9. The number of ether oxygens (including phenoxy) is 11. The summed E-state index contributed by atoms with van der Waals surface area (Å²) >= 11 is 4.34. The first-order valence-corrected chi connectivity index (χ1v) is 41.3. The molecule has 0 radical (unpaired) electrons. The van der Waals surface area contributed by atoms with Crippen LogP contribution in [0.3, 0.4) is 0 Å². The summed E-state index contributed by atoms with van der Waals surface area (Å²) in [6.45, 7) is 9.51. The van der Waals surface area contributed by atoms with E-state index in [-0.39, 0.29) is 163 Å². The van der Waals surface area contributed by atoms with Gasteiger partial charge in [-0.2, -0.15) is 4.73 Å². The highest BCUT2D eigenvalue weighted by Crippen LogP contribution is 2.43. The monoisotopic (exact) mass is 1740 g/mol. The second-order valence-electron chi connectivity index (χ2n) is 27.4. The number of hydrogen-bond donors (Lipinski definition) is 11. The number of pyridine rings is 1. The number of nitrogens with two attached hydrogens (primary N) is 1. The number of rotatable bonds is 27. The molecule has 45 heteroatoms. The number of amides is 7. The Kier molecular flexibility index (Phi) is 29.4. The van der Waals surface area contributed by atoms with Crippen molar-refractivity contribution in [3.63, 3.8) is 0 Å². The number of nitrogens with zero attached hydrogens (tertiary/aromatic N) is 8. The van der Waals surface area contributed by atoms with Gasteiger partial charge in [-0.1, -0.05) is 18.7 Å². The Bertz CT molecular complexity index is 5110. The second-order valence-corrected chi connectivity index (χ2v) is 31.8. The summed E-state index contributed by atoms with van der Waals surface area (Å²) in [4.78, 5) is 167. The zero-order valence-electron chi connectivity index (χ0n) is 65.0. The number of benzene rings is 1. The molecule has 11 heterocycles. The van der Waals surface area contributed by atoms with Gasteiger partial charge in [0.25, 0.3) is 29.5 Å². The molecule has 0 spiro atoms. The number of primary amides is 1. The van der Waals surface area contributed by atoms with Crippen LogP contribution in [-0.4, -0.2) is 269 Å². The van der Waals surface area contributed by atoms with E-state index < -0.39 is 151 Å². The summed E-state index contributed by atoms with van der Waals surface area (Å²) in [7, 11) is 4.80. The van der Waals surface area contributed by atoms with Crippen molar-refractivity contribution in [1.29, 1.82) is 0 Å². The highest BCUT2D eigenvalue weighted by Gasteiger charge is 2.50. The van der Waals surface area contributed by atoms with Crippen LogP contribution in [-0.2, 0) is 79.7 Å². The number of likely N-dealkylation sites (N-methyl/N-ethyl adjacent to an activating group) is 1. The highest BCUT2D eigenvalue weighted by atomic mass is 32.1. The first kappa shape index (κ1) is 88.0. The van der Waals surface area contributed by atoms with Crippen molar-refractivity contribution in [3.05, 3.63) is 124 Å². The largest absolute Gasteiger partial charge is 0.506 e. The first-order valence-electron chi connectivity index (χ1n) is 36.9. The smallest absolute Gasteiger partial charge is 0.432 e. The third-order valence-electron chi connectivity index (χ3n) is 18.7. The SMILES string of the molecule is C=C(NC(=O)c1csc(-c2nc3c(cc2O)-c2nc(cs2)C(=O)NC(C(C)O)C(=O)NC(=C(C)OC)c2nc(cs2)C(=O)NC2c4nc(cs4)C(=O)NC(COC(=O)c4c5c6c(cccc6n4OC(=O)NCCOCCOCCOCCOCCOCCO)COC(=O)C(OC4CC(C)(O)C(N(C)C)C(C)O4)C2OC5)c2nc-3cs2)n1)C(N)=O. The number of aromatic hydroxyl groups is 1. The van der Waals surface area contributed by atoms with E-state index in [0.29, 0.717) is 26.4 Å². The maximum Gasteiger partial charge on any atom is 0.432 e. The van der Waals surface area contributed by atoms with E-state index in [1.165, 1.54) is 60.0 Å². The van der Waals surface area contributed by atoms with Crippen molar-refractivity contribution in [3.8, 4) is 38.4 Å². The number of thiazole rings is 5. The fraction of sp³-hybridized carbons (Fsp3) is 0.446. The van der Waals surface area contributed by atoms with Crippen molar-refractivity contribution >= 4 is 127 Å². The van der Waals surface area contributed by atoms with Crippen LogP contribution in [0, 0.1) is 0 Å². The molecule has 119 heavy (non-hydrogen) atoms. The zero-order valence-corrected chi connectivity index (χ0v) is 69.1. The Labute approximate surface area is 697 Å². The minimum absolute atomic E-state index is 0.00204. The first-order chi connectivity index (χ1) is 57.1. The van der Waals surface area contributed by atoms with Crippen LogP contribution < -0.4 is 42.5 Å². The molecule has 1 fully saturated rings. The van der Waals surface area contributed by atoms with Crippen LogP contribution in [0.2, 0.25) is 0 Å². The van der Waals surface area contributed by atoms with Crippen molar-refractivity contribution in [2.24, 2.45) is 5.73 Å². The minimum Gasteiger partial charge on any atom is -0.506 e. The number of carbonyl (C=O) groups excluding carboxylic acids is 9. The molecule has 10 atom stereocenters. The van der Waals surface area contributed by atoms with Gasteiger partial charge in [0.05, 0.1) is 121 Å². The quantitative estimate of drug-likeness (QED) is 0.0153. The number of allylic oxidation sites excluding steroid dienone is 1. The predicted molar refractivity (Wildman–Crippen MR) is 424 cm³/mol. The lowest BCUT2D eigenvalue weighted by atomic mass is 9.85. The van der Waals surface area contributed by atoms with Crippen molar-refractivity contribution < 1.29 is 121 Å². The van der Waals surface area contributed by atoms with Gasteiger partial charge in [0.15, 0.2) is 18.1 Å². The lowest BCUT2D eigenvalue weighted by molar-refractivity contribution is -0.280. The molecular formula is C74H85N15O25S5. The van der Waals surface area contributed by atoms with Crippen molar-refractivity contribution in [1.82, 2.24) is 71.4 Å². The summed E-state index contributed by atoms with van der Waals surface area (Å²) in [5.41, 5.74) is 1.49. The number of cyclic esters (lactones) is 2. The molecule has 12 N–H and O–H groups in total. The Hall–Kier alpha value is -10.3. The number of nitrogens with one attached hydrogen (secondary N) is 6. The highest BCUT2D eigenvalue weighted by molar-refractivity contribution is 7.14. The molecule has 0 aliphatic carbocycles. The van der Waals surface area contributed by atoms with Crippen LogP contribution in [0.1, 0.15) is 125 Å². The second kappa shape index (κ2) is 39.7. The van der Waals surface area contributed by atoms with Crippen LogP contribution in [0.15, 0.2) is 69.2 Å². The van der Waals surface area contributed by atoms with E-state index in [4.69, 9.17) is 82.7 Å². The predicted octanol–water partition coefficient (Wildman–Crippen LogP) is 2.87. The summed E-state index contributed by atoms with van der Waals surface area (Å²) in [6, 6.07) is 0.336. The maximum atomic E-state index is 15.8. The molecule has 0 saturated carbocycles. The molecule has 8 aromatic rings. The number of aliphatic hydroxyl groups excluding tert-OH is 2. The number of esters is 2. The van der Waals surface area contributed by atoms with Gasteiger partial charge < -0.3 is 120 Å². The lowest BCUT2D eigenvalue weighted by Crippen LogP contribution is -2.62. The average Bonchev–Trinajstić information content (AvgIpc) is 1.61. The van der Waals surface area contributed by atoms with Crippen LogP contribution in [0.4, 0.5) is 4.79 Å². The van der Waals surface area contributed by atoms with Gasteiger partial charge in [-0.25, -0.2) is 44.3 Å².